The number of alkyl halides is 3. The van der Waals surface area contributed by atoms with Crippen molar-refractivity contribution in [1.29, 1.82) is 0 Å². The maximum absolute atomic E-state index is 13.4. The second-order valence-corrected chi connectivity index (χ2v) is 10.4. The Bertz CT molecular complexity index is 1240. The molecule has 42 heavy (non-hydrogen) atoms. The first-order valence-corrected chi connectivity index (χ1v) is 13.4. The number of aliphatic carboxylic acids is 2. The Hall–Kier alpha value is -4.01. The molecule has 3 rings (SSSR count). The van der Waals surface area contributed by atoms with Gasteiger partial charge in [0, 0.05) is 68.6 Å². The average Bonchev–Trinajstić information content (AvgIpc) is 2.90. The predicted octanol–water partition coefficient (Wildman–Crippen LogP) is 3.06. The number of hydrogen-bond acceptors (Lipinski definition) is 9. The lowest BCUT2D eigenvalue weighted by molar-refractivity contribution is -0.141. The summed E-state index contributed by atoms with van der Waals surface area (Å²) in [6.07, 6.45) is 0.0258. The summed E-state index contributed by atoms with van der Waals surface area (Å²) in [6.45, 7) is 11.8. The van der Waals surface area contributed by atoms with Gasteiger partial charge in [0.15, 0.2) is 0 Å². The van der Waals surface area contributed by atoms with E-state index < -0.39 is 29.2 Å². The molecule has 2 aromatic heterocycles. The average molecular weight is 599 g/mol. The zero-order valence-electron chi connectivity index (χ0n) is 24.1. The van der Waals surface area contributed by atoms with Crippen LogP contribution in [0.3, 0.4) is 0 Å². The number of carbonyl (C=O) groups is 2. The Morgan fingerprint density at radius 2 is 1.57 bits per heavy atom. The minimum Gasteiger partial charge on any atom is -0.478 e. The lowest BCUT2D eigenvalue weighted by Crippen LogP contribution is -2.47. The largest absolute Gasteiger partial charge is 0.478 e. The van der Waals surface area contributed by atoms with E-state index >= 15 is 0 Å². The standard InChI is InChI=1S/C23H33F3N6O2.C4H4O4/c1-5-34-19-8-11-32(21(33)29-19)10-7-6-9-30-12-14-31(15-13-30)18-16-17(23(24,25)26)27-20(28-18)22(2,3)4;5-3(6)1-2-4(7)8/h8,11,16H,5-7,9-10,12-15H2,1-4H3;1-2H,(H,5,6)(H,7,8). The number of carboxylic acids is 2. The number of halogens is 3. The van der Waals surface area contributed by atoms with Gasteiger partial charge in [0.05, 0.1) is 6.61 Å². The molecule has 1 aliphatic rings. The number of unbranched alkanes of at least 4 members (excludes halogenated alkanes) is 1. The van der Waals surface area contributed by atoms with Crippen molar-refractivity contribution in [2.24, 2.45) is 0 Å². The monoisotopic (exact) mass is 598 g/mol. The van der Waals surface area contributed by atoms with Crippen LogP contribution in [-0.2, 0) is 27.7 Å². The number of nitrogens with zero attached hydrogens (tertiary/aromatic N) is 6. The van der Waals surface area contributed by atoms with Crippen molar-refractivity contribution < 1.29 is 37.7 Å². The third-order valence-corrected chi connectivity index (χ3v) is 6.00. The fourth-order valence-corrected chi connectivity index (χ4v) is 3.85. The topological polar surface area (TPSA) is 151 Å². The normalized spacial score (nSPS) is 14.4. The maximum Gasteiger partial charge on any atom is 0.433 e. The van der Waals surface area contributed by atoms with Gasteiger partial charge in [-0.15, -0.1) is 0 Å². The van der Waals surface area contributed by atoms with Crippen molar-refractivity contribution in [2.75, 3.05) is 44.2 Å². The van der Waals surface area contributed by atoms with Crippen LogP contribution in [0.25, 0.3) is 0 Å². The molecule has 0 amide bonds. The molecule has 0 spiro atoms. The second-order valence-electron chi connectivity index (χ2n) is 10.4. The third kappa shape index (κ3) is 11.5. The lowest BCUT2D eigenvalue weighted by atomic mass is 9.95. The fraction of sp³-hybridized carbons (Fsp3) is 0.556. The fourth-order valence-electron chi connectivity index (χ4n) is 3.85. The minimum atomic E-state index is -4.51. The van der Waals surface area contributed by atoms with Gasteiger partial charge >= 0.3 is 23.8 Å². The zero-order chi connectivity index (χ0) is 31.5. The van der Waals surface area contributed by atoms with E-state index in [1.165, 1.54) is 0 Å². The highest BCUT2D eigenvalue weighted by Crippen LogP contribution is 2.32. The summed E-state index contributed by atoms with van der Waals surface area (Å²) >= 11 is 0. The molecule has 0 radical (unpaired) electrons. The van der Waals surface area contributed by atoms with Gasteiger partial charge in [0.1, 0.15) is 17.3 Å². The van der Waals surface area contributed by atoms with Gasteiger partial charge in [-0.1, -0.05) is 20.8 Å². The summed E-state index contributed by atoms with van der Waals surface area (Å²) in [5.41, 5.74) is -1.81. The minimum absolute atomic E-state index is 0.193. The summed E-state index contributed by atoms with van der Waals surface area (Å²) in [6, 6.07) is 2.74. The molecule has 1 saturated heterocycles. The summed E-state index contributed by atoms with van der Waals surface area (Å²) in [5.74, 6) is -1.66. The van der Waals surface area contributed by atoms with E-state index in [2.05, 4.69) is 19.9 Å². The first kappa shape index (κ1) is 34.2. The van der Waals surface area contributed by atoms with Crippen molar-refractivity contribution in [2.45, 2.75) is 58.7 Å². The van der Waals surface area contributed by atoms with E-state index in [0.717, 1.165) is 38.5 Å². The van der Waals surface area contributed by atoms with Crippen molar-refractivity contribution in [3.8, 4) is 5.88 Å². The smallest absolute Gasteiger partial charge is 0.433 e. The van der Waals surface area contributed by atoms with Gasteiger partial charge in [-0.2, -0.15) is 18.2 Å². The number of rotatable bonds is 10. The predicted molar refractivity (Wildman–Crippen MR) is 148 cm³/mol. The molecule has 0 atom stereocenters. The Morgan fingerprint density at radius 1 is 0.976 bits per heavy atom. The van der Waals surface area contributed by atoms with Crippen LogP contribution < -0.4 is 15.3 Å². The first-order chi connectivity index (χ1) is 19.6. The van der Waals surface area contributed by atoms with Gasteiger partial charge < -0.3 is 19.8 Å². The Labute approximate surface area is 241 Å². The Morgan fingerprint density at radius 3 is 2.07 bits per heavy atom. The highest BCUT2D eigenvalue weighted by atomic mass is 19.4. The van der Waals surface area contributed by atoms with E-state index in [9.17, 15) is 27.6 Å². The number of ether oxygens (including phenoxy) is 1. The molecule has 232 valence electrons. The summed E-state index contributed by atoms with van der Waals surface area (Å²) < 4.78 is 47.0. The molecular weight excluding hydrogens is 561 g/mol. The first-order valence-electron chi connectivity index (χ1n) is 13.4. The zero-order valence-corrected chi connectivity index (χ0v) is 24.1. The van der Waals surface area contributed by atoms with Crippen molar-refractivity contribution in [1.82, 2.24) is 24.4 Å². The van der Waals surface area contributed by atoms with E-state index in [0.29, 0.717) is 50.1 Å². The van der Waals surface area contributed by atoms with Crippen LogP contribution in [-0.4, -0.2) is 85.9 Å². The molecular formula is C27H37F3N6O6. The molecule has 1 fully saturated rings. The highest BCUT2D eigenvalue weighted by Gasteiger charge is 2.36. The molecule has 0 unspecified atom stereocenters. The molecule has 2 aromatic rings. The molecule has 3 heterocycles. The van der Waals surface area contributed by atoms with E-state index in [-0.39, 0.29) is 11.5 Å². The number of carboxylic acid groups (broad SMARTS) is 2. The molecule has 0 saturated carbocycles. The second kappa shape index (κ2) is 15.3. The number of anilines is 1. The van der Waals surface area contributed by atoms with Crippen LogP contribution in [0.4, 0.5) is 19.0 Å². The summed E-state index contributed by atoms with van der Waals surface area (Å²) in [5, 5.41) is 15.6. The van der Waals surface area contributed by atoms with Crippen LogP contribution in [0.5, 0.6) is 5.88 Å². The van der Waals surface area contributed by atoms with Crippen LogP contribution in [0.1, 0.15) is 52.1 Å². The van der Waals surface area contributed by atoms with Crippen LogP contribution in [0.2, 0.25) is 0 Å². The molecule has 0 aromatic carbocycles. The van der Waals surface area contributed by atoms with Crippen LogP contribution in [0.15, 0.2) is 35.3 Å². The number of piperazine rings is 1. The van der Waals surface area contributed by atoms with Crippen molar-refractivity contribution in [3.63, 3.8) is 0 Å². The van der Waals surface area contributed by atoms with Gasteiger partial charge in [0.25, 0.3) is 0 Å². The quantitative estimate of drug-likeness (QED) is 0.307. The molecule has 0 aliphatic carbocycles. The lowest BCUT2D eigenvalue weighted by Gasteiger charge is -2.36. The SMILES string of the molecule is CCOc1ccn(CCCCN2CCN(c3cc(C(F)(F)F)nc(C(C)(C)C)n3)CC2)c(=O)n1.O=C(O)C=CC(=O)O. The molecule has 1 aliphatic heterocycles. The van der Waals surface area contributed by atoms with E-state index in [1.807, 2.05) is 32.6 Å². The number of hydrogen-bond donors (Lipinski definition) is 2. The maximum atomic E-state index is 13.4. The third-order valence-electron chi connectivity index (χ3n) is 6.00. The van der Waals surface area contributed by atoms with Gasteiger partial charge in [-0.25, -0.2) is 24.4 Å². The van der Waals surface area contributed by atoms with Gasteiger partial charge in [0.2, 0.25) is 5.88 Å². The number of aromatic nitrogens is 4. The van der Waals surface area contributed by atoms with Gasteiger partial charge in [-0.05, 0) is 26.3 Å². The highest BCUT2D eigenvalue weighted by molar-refractivity contribution is 5.89. The van der Waals surface area contributed by atoms with E-state index in [1.54, 1.807) is 16.8 Å². The number of aryl methyl sites for hydroxylation is 1. The van der Waals surface area contributed by atoms with Crippen molar-refractivity contribution in [3.05, 3.63) is 52.5 Å². The van der Waals surface area contributed by atoms with Crippen molar-refractivity contribution >= 4 is 17.8 Å². The molecule has 2 N–H and O–H groups in total. The van der Waals surface area contributed by atoms with Crippen LogP contribution >= 0.6 is 0 Å². The summed E-state index contributed by atoms with van der Waals surface area (Å²) in [4.78, 5) is 47.4. The van der Waals surface area contributed by atoms with Gasteiger partial charge in [-0.3, -0.25) is 9.47 Å². The molecule has 0 bridgehead atoms. The van der Waals surface area contributed by atoms with Crippen LogP contribution in [0, 0.1) is 0 Å². The molecule has 12 nitrogen and oxygen atoms in total. The van der Waals surface area contributed by atoms with E-state index in [4.69, 9.17) is 14.9 Å². The Kier molecular flexibility index (Phi) is 12.4. The summed E-state index contributed by atoms with van der Waals surface area (Å²) in [7, 11) is 0. The Balaban J connectivity index is 0.000000675. The molecule has 15 heteroatoms.